The minimum absolute atomic E-state index is 0.0123. The van der Waals surface area contributed by atoms with E-state index in [1.54, 1.807) is 6.92 Å². The van der Waals surface area contributed by atoms with E-state index in [-0.39, 0.29) is 16.6 Å². The van der Waals surface area contributed by atoms with Crippen molar-refractivity contribution in [2.45, 2.75) is 11.8 Å². The summed E-state index contributed by atoms with van der Waals surface area (Å²) in [5.41, 5.74) is 0.884. The summed E-state index contributed by atoms with van der Waals surface area (Å²) in [7, 11) is -1.24. The molecule has 134 valence electrons. The summed E-state index contributed by atoms with van der Waals surface area (Å²) >= 11 is 0. The van der Waals surface area contributed by atoms with Gasteiger partial charge < -0.3 is 4.90 Å². The fourth-order valence-electron chi connectivity index (χ4n) is 2.24. The van der Waals surface area contributed by atoms with Crippen LogP contribution in [-0.2, 0) is 14.9 Å². The van der Waals surface area contributed by atoms with E-state index in [2.05, 4.69) is 0 Å². The van der Waals surface area contributed by atoms with Gasteiger partial charge in [0, 0.05) is 24.8 Å². The number of anilines is 1. The second-order valence-electron chi connectivity index (χ2n) is 5.15. The first-order chi connectivity index (χ1) is 11.8. The van der Waals surface area contributed by atoms with Crippen LogP contribution in [0.5, 0.6) is 0 Å². The van der Waals surface area contributed by atoms with Crippen molar-refractivity contribution in [1.29, 1.82) is 0 Å². The van der Waals surface area contributed by atoms with E-state index >= 15 is 0 Å². The molecule has 0 fully saturated rings. The molecule has 0 aliphatic carbocycles. The fourth-order valence-corrected chi connectivity index (χ4v) is 3.21. The minimum atomic E-state index is -3.77. The number of hydrogen-bond donors (Lipinski definition) is 0. The highest BCUT2D eigenvalue weighted by Gasteiger charge is 2.22. The van der Waals surface area contributed by atoms with Crippen molar-refractivity contribution in [2.24, 2.45) is 0 Å². The standard InChI is InChI=1S/C17H19FN2O4S/c1-4-20(15-9-7-14(18)8-10-15)17(21)13-5-11-16(12-6-13)25(22,23)19(2)24-3/h5-12H,4H2,1-3H3. The predicted molar refractivity (Wildman–Crippen MR) is 92.2 cm³/mol. The van der Waals surface area contributed by atoms with Crippen LogP contribution in [0.15, 0.2) is 53.4 Å². The van der Waals surface area contributed by atoms with Crippen molar-refractivity contribution in [3.05, 3.63) is 59.9 Å². The molecule has 0 bridgehead atoms. The van der Waals surface area contributed by atoms with Crippen molar-refractivity contribution in [1.82, 2.24) is 4.47 Å². The third-order valence-corrected chi connectivity index (χ3v) is 5.39. The Morgan fingerprint density at radius 2 is 1.64 bits per heavy atom. The maximum absolute atomic E-state index is 13.1. The molecule has 0 spiro atoms. The zero-order chi connectivity index (χ0) is 18.6. The molecule has 8 heteroatoms. The molecular weight excluding hydrogens is 347 g/mol. The van der Waals surface area contributed by atoms with Crippen LogP contribution in [0.25, 0.3) is 0 Å². The van der Waals surface area contributed by atoms with Crippen molar-refractivity contribution in [2.75, 3.05) is 25.6 Å². The van der Waals surface area contributed by atoms with Crippen LogP contribution in [-0.4, -0.2) is 39.5 Å². The molecule has 0 atom stereocenters. The Bertz CT molecular complexity index is 836. The summed E-state index contributed by atoms with van der Waals surface area (Å²) < 4.78 is 38.1. The lowest BCUT2D eigenvalue weighted by molar-refractivity contribution is -0.0258. The molecule has 0 saturated carbocycles. The quantitative estimate of drug-likeness (QED) is 0.737. The lowest BCUT2D eigenvalue weighted by atomic mass is 10.2. The van der Waals surface area contributed by atoms with Crippen LogP contribution < -0.4 is 4.90 Å². The Labute approximate surface area is 146 Å². The van der Waals surface area contributed by atoms with Crippen LogP contribution in [0.3, 0.4) is 0 Å². The molecule has 2 aromatic rings. The molecule has 0 aliphatic rings. The van der Waals surface area contributed by atoms with Crippen LogP contribution in [0.1, 0.15) is 17.3 Å². The Morgan fingerprint density at radius 1 is 1.08 bits per heavy atom. The smallest absolute Gasteiger partial charge is 0.264 e. The van der Waals surface area contributed by atoms with Crippen molar-refractivity contribution < 1.29 is 22.4 Å². The maximum atomic E-state index is 13.1. The van der Waals surface area contributed by atoms with Gasteiger partial charge in [-0.2, -0.15) is 0 Å². The molecule has 0 unspecified atom stereocenters. The molecule has 0 heterocycles. The number of nitrogens with zero attached hydrogens (tertiary/aromatic N) is 2. The normalized spacial score (nSPS) is 11.6. The summed E-state index contributed by atoms with van der Waals surface area (Å²) in [4.78, 5) is 18.9. The van der Waals surface area contributed by atoms with Crippen molar-refractivity contribution in [3.63, 3.8) is 0 Å². The van der Waals surface area contributed by atoms with Gasteiger partial charge in [0.1, 0.15) is 5.82 Å². The molecule has 0 N–H and O–H groups in total. The van der Waals surface area contributed by atoms with Gasteiger partial charge in [-0.25, -0.2) is 12.8 Å². The minimum Gasteiger partial charge on any atom is -0.309 e. The second-order valence-corrected chi connectivity index (χ2v) is 7.08. The zero-order valence-corrected chi connectivity index (χ0v) is 15.0. The van der Waals surface area contributed by atoms with E-state index in [9.17, 15) is 17.6 Å². The number of amides is 1. The van der Waals surface area contributed by atoms with E-state index in [4.69, 9.17) is 4.84 Å². The van der Waals surface area contributed by atoms with Crippen LogP contribution in [0.4, 0.5) is 10.1 Å². The van der Waals surface area contributed by atoms with Gasteiger partial charge in [0.05, 0.1) is 12.0 Å². The number of halogens is 1. The third-order valence-electron chi connectivity index (χ3n) is 3.69. The maximum Gasteiger partial charge on any atom is 0.264 e. The number of hydroxylamine groups is 1. The topological polar surface area (TPSA) is 66.9 Å². The zero-order valence-electron chi connectivity index (χ0n) is 14.1. The summed E-state index contributed by atoms with van der Waals surface area (Å²) in [6.07, 6.45) is 0. The van der Waals surface area contributed by atoms with E-state index < -0.39 is 10.0 Å². The molecule has 0 aliphatic heterocycles. The lowest BCUT2D eigenvalue weighted by Crippen LogP contribution is -2.30. The number of hydrogen-bond acceptors (Lipinski definition) is 4. The van der Waals surface area contributed by atoms with E-state index in [0.29, 0.717) is 17.8 Å². The van der Waals surface area contributed by atoms with Crippen molar-refractivity contribution in [3.8, 4) is 0 Å². The molecule has 0 aromatic heterocycles. The van der Waals surface area contributed by atoms with Crippen LogP contribution in [0, 0.1) is 5.82 Å². The fraction of sp³-hybridized carbons (Fsp3) is 0.235. The van der Waals surface area contributed by atoms with E-state index in [1.807, 2.05) is 0 Å². The average molecular weight is 366 g/mol. The Hall–Kier alpha value is -2.29. The highest BCUT2D eigenvalue weighted by atomic mass is 32.2. The number of sulfonamides is 1. The molecule has 1 amide bonds. The first-order valence-corrected chi connectivity index (χ1v) is 8.95. The lowest BCUT2D eigenvalue weighted by Gasteiger charge is -2.21. The molecule has 0 radical (unpaired) electrons. The third kappa shape index (κ3) is 4.04. The summed E-state index contributed by atoms with van der Waals surface area (Å²) in [6, 6.07) is 11.2. The number of carbonyl (C=O) groups is 1. The first-order valence-electron chi connectivity index (χ1n) is 7.51. The van der Waals surface area contributed by atoms with Crippen LogP contribution >= 0.6 is 0 Å². The number of rotatable bonds is 6. The molecular formula is C17H19FN2O4S. The van der Waals surface area contributed by atoms with Gasteiger partial charge in [-0.15, -0.1) is 0 Å². The Balaban J connectivity index is 2.29. The molecule has 6 nitrogen and oxygen atoms in total. The summed E-state index contributed by atoms with van der Waals surface area (Å²) in [5.74, 6) is -0.692. The Kier molecular flexibility index (Phi) is 5.89. The van der Waals surface area contributed by atoms with Crippen molar-refractivity contribution >= 4 is 21.6 Å². The highest BCUT2D eigenvalue weighted by molar-refractivity contribution is 7.89. The second kappa shape index (κ2) is 7.73. The largest absolute Gasteiger partial charge is 0.309 e. The van der Waals surface area contributed by atoms with E-state index in [1.165, 1.54) is 67.6 Å². The van der Waals surface area contributed by atoms with Gasteiger partial charge >= 0.3 is 0 Å². The van der Waals surface area contributed by atoms with Gasteiger partial charge in [-0.3, -0.25) is 9.63 Å². The highest BCUT2D eigenvalue weighted by Crippen LogP contribution is 2.20. The first kappa shape index (κ1) is 19.0. The molecule has 0 saturated heterocycles. The monoisotopic (exact) mass is 366 g/mol. The van der Waals surface area contributed by atoms with Gasteiger partial charge in [-0.1, -0.05) is 4.47 Å². The molecule has 2 aromatic carbocycles. The van der Waals surface area contributed by atoms with Gasteiger partial charge in [0.2, 0.25) is 0 Å². The molecule has 25 heavy (non-hydrogen) atoms. The summed E-state index contributed by atoms with van der Waals surface area (Å²) in [5, 5.41) is 0. The molecule has 2 rings (SSSR count). The SMILES string of the molecule is CCN(C(=O)c1ccc(S(=O)(=O)N(C)OC)cc1)c1ccc(F)cc1. The van der Waals surface area contributed by atoms with Crippen LogP contribution in [0.2, 0.25) is 0 Å². The number of carbonyl (C=O) groups excluding carboxylic acids is 1. The van der Waals surface area contributed by atoms with E-state index in [0.717, 1.165) is 4.47 Å². The summed E-state index contributed by atoms with van der Waals surface area (Å²) in [6.45, 7) is 2.19. The number of benzene rings is 2. The van der Waals surface area contributed by atoms with Gasteiger partial charge in [0.15, 0.2) is 0 Å². The Morgan fingerprint density at radius 3 is 2.12 bits per heavy atom. The van der Waals surface area contributed by atoms with Gasteiger partial charge in [0.25, 0.3) is 15.9 Å². The van der Waals surface area contributed by atoms with Gasteiger partial charge in [-0.05, 0) is 55.5 Å². The predicted octanol–water partition coefficient (Wildman–Crippen LogP) is 2.67. The average Bonchev–Trinajstić information content (AvgIpc) is 2.63.